The number of amides is 1. The lowest BCUT2D eigenvalue weighted by molar-refractivity contribution is 0.101. The van der Waals surface area contributed by atoms with Crippen molar-refractivity contribution in [1.82, 2.24) is 9.97 Å². The summed E-state index contributed by atoms with van der Waals surface area (Å²) in [6.45, 7) is 7.40. The molecule has 0 unspecified atom stereocenters. The highest BCUT2D eigenvalue weighted by Gasteiger charge is 2.12. The molecule has 0 fully saturated rings. The summed E-state index contributed by atoms with van der Waals surface area (Å²) in [5, 5.41) is 5.94. The summed E-state index contributed by atoms with van der Waals surface area (Å²) in [7, 11) is 0. The Labute approximate surface area is 164 Å². The highest BCUT2D eigenvalue weighted by Crippen LogP contribution is 2.18. The van der Waals surface area contributed by atoms with Gasteiger partial charge in [0.2, 0.25) is 5.95 Å². The summed E-state index contributed by atoms with van der Waals surface area (Å²) in [6.07, 6.45) is 0. The molecule has 0 radical (unpaired) electrons. The molecule has 0 atom stereocenters. The van der Waals surface area contributed by atoms with Gasteiger partial charge in [-0.1, -0.05) is 6.07 Å². The Morgan fingerprint density at radius 2 is 1.50 bits per heavy atom. The summed E-state index contributed by atoms with van der Waals surface area (Å²) in [6, 6.07) is 14.3. The molecule has 0 bridgehead atoms. The van der Waals surface area contributed by atoms with Crippen LogP contribution in [0.1, 0.15) is 44.6 Å². The van der Waals surface area contributed by atoms with Crippen molar-refractivity contribution in [1.29, 1.82) is 0 Å². The predicted molar refractivity (Wildman–Crippen MR) is 110 cm³/mol. The molecule has 3 aromatic rings. The largest absolute Gasteiger partial charge is 0.324 e. The Bertz CT molecular complexity index is 1040. The SMILES string of the molecule is CC(=O)c1ccc(NC(=O)c2cc(C)nc(Nc3ccc(C)c(C)c3)n2)cc1. The van der Waals surface area contributed by atoms with Gasteiger partial charge < -0.3 is 10.6 Å². The maximum Gasteiger partial charge on any atom is 0.274 e. The van der Waals surface area contributed by atoms with E-state index in [4.69, 9.17) is 0 Å². The number of nitrogens with zero attached hydrogens (tertiary/aromatic N) is 2. The first kappa shape index (κ1) is 19.2. The van der Waals surface area contributed by atoms with Crippen LogP contribution in [0.3, 0.4) is 0 Å². The third-order valence-electron chi connectivity index (χ3n) is 4.40. The number of hydrogen-bond acceptors (Lipinski definition) is 5. The average molecular weight is 374 g/mol. The van der Waals surface area contributed by atoms with Gasteiger partial charge in [-0.3, -0.25) is 9.59 Å². The van der Waals surface area contributed by atoms with E-state index in [-0.39, 0.29) is 17.4 Å². The molecule has 6 nitrogen and oxygen atoms in total. The maximum atomic E-state index is 12.6. The van der Waals surface area contributed by atoms with Crippen LogP contribution in [-0.2, 0) is 0 Å². The molecule has 142 valence electrons. The summed E-state index contributed by atoms with van der Waals surface area (Å²) in [5.41, 5.74) is 5.34. The van der Waals surface area contributed by atoms with Crippen LogP contribution in [0.2, 0.25) is 0 Å². The van der Waals surface area contributed by atoms with E-state index < -0.39 is 0 Å². The van der Waals surface area contributed by atoms with Crippen molar-refractivity contribution in [3.8, 4) is 0 Å². The smallest absolute Gasteiger partial charge is 0.274 e. The van der Waals surface area contributed by atoms with E-state index in [0.29, 0.717) is 22.9 Å². The highest BCUT2D eigenvalue weighted by atomic mass is 16.2. The van der Waals surface area contributed by atoms with E-state index in [2.05, 4.69) is 20.6 Å². The number of Topliss-reactive ketones (excluding diaryl/α,β-unsaturated/α-hetero) is 1. The van der Waals surface area contributed by atoms with E-state index in [1.807, 2.05) is 39.0 Å². The number of benzene rings is 2. The molecular formula is C22H22N4O2. The number of aromatic nitrogens is 2. The fourth-order valence-corrected chi connectivity index (χ4v) is 2.67. The predicted octanol–water partition coefficient (Wildman–Crippen LogP) is 4.60. The second-order valence-electron chi connectivity index (χ2n) is 6.73. The van der Waals surface area contributed by atoms with Gasteiger partial charge in [0.15, 0.2) is 5.78 Å². The minimum Gasteiger partial charge on any atom is -0.324 e. The summed E-state index contributed by atoms with van der Waals surface area (Å²) < 4.78 is 0. The first-order chi connectivity index (χ1) is 13.3. The standard InChI is InChI=1S/C22H22N4O2/c1-13-5-8-19(11-14(13)2)25-22-23-15(3)12-20(26-22)21(28)24-18-9-6-17(7-10-18)16(4)27/h5-12H,1-4H3,(H,24,28)(H,23,25,26). The lowest BCUT2D eigenvalue weighted by Crippen LogP contribution is -2.15. The van der Waals surface area contributed by atoms with Gasteiger partial charge in [0.05, 0.1) is 0 Å². The zero-order chi connectivity index (χ0) is 20.3. The van der Waals surface area contributed by atoms with E-state index >= 15 is 0 Å². The summed E-state index contributed by atoms with van der Waals surface area (Å²) in [5.74, 6) is -0.00379. The van der Waals surface area contributed by atoms with Gasteiger partial charge in [-0.15, -0.1) is 0 Å². The molecule has 2 aromatic carbocycles. The number of anilines is 3. The Balaban J connectivity index is 1.78. The van der Waals surface area contributed by atoms with E-state index in [1.165, 1.54) is 12.5 Å². The third kappa shape index (κ3) is 4.59. The van der Waals surface area contributed by atoms with E-state index in [0.717, 1.165) is 11.3 Å². The van der Waals surface area contributed by atoms with E-state index in [1.54, 1.807) is 30.3 Å². The van der Waals surface area contributed by atoms with Gasteiger partial charge in [0.25, 0.3) is 5.91 Å². The summed E-state index contributed by atoms with van der Waals surface area (Å²) in [4.78, 5) is 32.6. The van der Waals surface area contributed by atoms with Crippen LogP contribution >= 0.6 is 0 Å². The van der Waals surface area contributed by atoms with Crippen LogP contribution < -0.4 is 10.6 Å². The Morgan fingerprint density at radius 3 is 2.14 bits per heavy atom. The van der Waals surface area contributed by atoms with Crippen LogP contribution in [-0.4, -0.2) is 21.7 Å². The number of carbonyl (C=O) groups is 2. The van der Waals surface area contributed by atoms with Crippen molar-refractivity contribution in [2.75, 3.05) is 10.6 Å². The zero-order valence-electron chi connectivity index (χ0n) is 16.3. The van der Waals surface area contributed by atoms with Crippen molar-refractivity contribution in [2.45, 2.75) is 27.7 Å². The van der Waals surface area contributed by atoms with Gasteiger partial charge in [-0.25, -0.2) is 9.97 Å². The average Bonchev–Trinajstić information content (AvgIpc) is 2.64. The van der Waals surface area contributed by atoms with Crippen LogP contribution in [0.5, 0.6) is 0 Å². The molecule has 2 N–H and O–H groups in total. The Kier molecular flexibility index (Phi) is 5.49. The Hall–Kier alpha value is -3.54. The molecule has 0 aliphatic heterocycles. The molecule has 6 heteroatoms. The number of aryl methyl sites for hydroxylation is 3. The van der Waals surface area contributed by atoms with Crippen molar-refractivity contribution in [2.24, 2.45) is 0 Å². The first-order valence-corrected chi connectivity index (χ1v) is 8.94. The minimum atomic E-state index is -0.343. The van der Waals surface area contributed by atoms with Gasteiger partial charge in [0.1, 0.15) is 5.69 Å². The number of nitrogens with one attached hydrogen (secondary N) is 2. The van der Waals surface area contributed by atoms with Crippen LogP contribution in [0.25, 0.3) is 0 Å². The molecule has 0 saturated heterocycles. The van der Waals surface area contributed by atoms with Crippen molar-refractivity contribution < 1.29 is 9.59 Å². The van der Waals surface area contributed by atoms with Crippen LogP contribution in [0.4, 0.5) is 17.3 Å². The second-order valence-corrected chi connectivity index (χ2v) is 6.73. The topological polar surface area (TPSA) is 84.0 Å². The first-order valence-electron chi connectivity index (χ1n) is 8.94. The van der Waals surface area contributed by atoms with Crippen molar-refractivity contribution in [3.63, 3.8) is 0 Å². The van der Waals surface area contributed by atoms with Crippen molar-refractivity contribution >= 4 is 29.0 Å². The third-order valence-corrected chi connectivity index (χ3v) is 4.40. The second kappa shape index (κ2) is 8.00. The normalized spacial score (nSPS) is 10.4. The minimum absolute atomic E-state index is 0.0219. The molecule has 0 aliphatic rings. The van der Waals surface area contributed by atoms with Crippen molar-refractivity contribution in [3.05, 3.63) is 76.6 Å². The number of ketones is 1. The van der Waals surface area contributed by atoms with Crippen LogP contribution in [0.15, 0.2) is 48.5 Å². The summed E-state index contributed by atoms with van der Waals surface area (Å²) >= 11 is 0. The maximum absolute atomic E-state index is 12.6. The number of hydrogen-bond donors (Lipinski definition) is 2. The molecule has 0 aliphatic carbocycles. The Morgan fingerprint density at radius 1 is 0.821 bits per heavy atom. The molecular weight excluding hydrogens is 352 g/mol. The lowest BCUT2D eigenvalue weighted by atomic mass is 10.1. The molecule has 1 heterocycles. The fraction of sp³-hybridized carbons (Fsp3) is 0.182. The molecule has 0 spiro atoms. The zero-order valence-corrected chi connectivity index (χ0v) is 16.3. The molecule has 0 saturated carbocycles. The van der Waals surface area contributed by atoms with Crippen LogP contribution in [0, 0.1) is 20.8 Å². The number of carbonyl (C=O) groups excluding carboxylic acids is 2. The molecule has 3 rings (SSSR count). The number of rotatable bonds is 5. The molecule has 28 heavy (non-hydrogen) atoms. The highest BCUT2D eigenvalue weighted by molar-refractivity contribution is 6.03. The van der Waals surface area contributed by atoms with Gasteiger partial charge in [-0.05, 0) is 81.3 Å². The van der Waals surface area contributed by atoms with Gasteiger partial charge in [-0.2, -0.15) is 0 Å². The quantitative estimate of drug-likeness (QED) is 0.638. The van der Waals surface area contributed by atoms with Gasteiger partial charge in [0, 0.05) is 22.6 Å². The van der Waals surface area contributed by atoms with E-state index in [9.17, 15) is 9.59 Å². The molecule has 1 amide bonds. The molecule has 1 aromatic heterocycles. The van der Waals surface area contributed by atoms with Gasteiger partial charge >= 0.3 is 0 Å². The fourth-order valence-electron chi connectivity index (χ4n) is 2.67. The monoisotopic (exact) mass is 374 g/mol. The lowest BCUT2D eigenvalue weighted by Gasteiger charge is -2.10.